The third-order valence-corrected chi connectivity index (χ3v) is 5.50. The monoisotopic (exact) mass is 362 g/mol. The minimum Gasteiger partial charge on any atom is -0.492 e. The fraction of sp³-hybridized carbons (Fsp3) is 0.700. The van der Waals surface area contributed by atoms with Gasteiger partial charge in [0.05, 0.1) is 37.4 Å². The Bertz CT molecular complexity index is 587. The van der Waals surface area contributed by atoms with Gasteiger partial charge in [-0.25, -0.2) is 0 Å². The quantitative estimate of drug-likeness (QED) is 0.802. The van der Waals surface area contributed by atoms with E-state index in [4.69, 9.17) is 14.6 Å². The third kappa shape index (κ3) is 5.59. The maximum absolute atomic E-state index is 10.8. The molecule has 2 heterocycles. The van der Waals surface area contributed by atoms with Crippen molar-refractivity contribution in [2.24, 2.45) is 11.8 Å². The molecule has 3 rings (SSSR count). The van der Waals surface area contributed by atoms with E-state index in [1.165, 1.54) is 25.7 Å². The van der Waals surface area contributed by atoms with Gasteiger partial charge in [-0.15, -0.1) is 0 Å². The van der Waals surface area contributed by atoms with Crippen molar-refractivity contribution in [2.45, 2.75) is 51.6 Å². The Morgan fingerprint density at radius 3 is 2.92 bits per heavy atom. The van der Waals surface area contributed by atoms with Gasteiger partial charge in [0.1, 0.15) is 5.75 Å². The molecule has 0 radical (unpaired) electrons. The maximum Gasteiger partial charge on any atom is 0.303 e. The number of aromatic nitrogens is 1. The van der Waals surface area contributed by atoms with Crippen LogP contribution in [0.15, 0.2) is 18.5 Å². The zero-order valence-electron chi connectivity index (χ0n) is 15.6. The Kier molecular flexibility index (Phi) is 6.72. The van der Waals surface area contributed by atoms with Crippen LogP contribution in [0.5, 0.6) is 5.75 Å². The van der Waals surface area contributed by atoms with Crippen molar-refractivity contribution < 1.29 is 19.4 Å². The SMILES string of the molecule is C[C@H]1CC[C@H](COc2cncc(N3CCO[C@@H](CCC(=O)O)C3)c2)CC1. The van der Waals surface area contributed by atoms with E-state index in [0.29, 0.717) is 25.5 Å². The highest BCUT2D eigenvalue weighted by atomic mass is 16.5. The van der Waals surface area contributed by atoms with E-state index in [1.54, 1.807) is 6.20 Å². The number of anilines is 1. The Hall–Kier alpha value is -1.82. The molecule has 1 saturated heterocycles. The molecule has 0 aromatic carbocycles. The molecule has 2 fully saturated rings. The Morgan fingerprint density at radius 1 is 1.35 bits per heavy atom. The lowest BCUT2D eigenvalue weighted by molar-refractivity contribution is -0.137. The molecule has 1 atom stereocenters. The molecule has 26 heavy (non-hydrogen) atoms. The lowest BCUT2D eigenvalue weighted by atomic mass is 9.83. The van der Waals surface area contributed by atoms with Crippen LogP contribution in [0, 0.1) is 11.8 Å². The standard InChI is InChI=1S/C20H30N2O4/c1-15-2-4-16(5-3-15)14-26-19-10-17(11-21-12-19)22-8-9-25-18(13-22)6-7-20(23)24/h10-12,15-16,18H,2-9,13-14H2,1H3,(H,23,24)/t15-,16-,18-/m0/s1. The summed E-state index contributed by atoms with van der Waals surface area (Å²) in [4.78, 5) is 17.3. The van der Waals surface area contributed by atoms with Crippen LogP contribution in [-0.2, 0) is 9.53 Å². The van der Waals surface area contributed by atoms with Crippen LogP contribution in [0.2, 0.25) is 0 Å². The first-order chi connectivity index (χ1) is 12.6. The van der Waals surface area contributed by atoms with Crippen molar-refractivity contribution in [2.75, 3.05) is 31.2 Å². The zero-order chi connectivity index (χ0) is 18.4. The van der Waals surface area contributed by atoms with Gasteiger partial charge in [0.2, 0.25) is 0 Å². The Morgan fingerprint density at radius 2 is 2.15 bits per heavy atom. The van der Waals surface area contributed by atoms with E-state index in [1.807, 2.05) is 12.3 Å². The largest absolute Gasteiger partial charge is 0.492 e. The highest BCUT2D eigenvalue weighted by Gasteiger charge is 2.22. The average Bonchev–Trinajstić information content (AvgIpc) is 2.66. The molecule has 0 unspecified atom stereocenters. The highest BCUT2D eigenvalue weighted by Crippen LogP contribution is 2.29. The van der Waals surface area contributed by atoms with E-state index < -0.39 is 5.97 Å². The van der Waals surface area contributed by atoms with Crippen LogP contribution < -0.4 is 9.64 Å². The van der Waals surface area contributed by atoms with Crippen LogP contribution in [-0.4, -0.2) is 48.5 Å². The lowest BCUT2D eigenvalue weighted by Gasteiger charge is -2.34. The number of rotatable bonds is 7. The lowest BCUT2D eigenvalue weighted by Crippen LogP contribution is -2.42. The molecule has 1 aromatic heterocycles. The topological polar surface area (TPSA) is 71.9 Å². The van der Waals surface area contributed by atoms with Gasteiger partial charge in [-0.2, -0.15) is 0 Å². The van der Waals surface area contributed by atoms with Crippen LogP contribution in [0.4, 0.5) is 5.69 Å². The molecule has 1 aromatic rings. The Labute approximate surface area is 155 Å². The van der Waals surface area contributed by atoms with Crippen molar-refractivity contribution in [1.82, 2.24) is 4.98 Å². The number of hydrogen-bond donors (Lipinski definition) is 1. The summed E-state index contributed by atoms with van der Waals surface area (Å²) in [7, 11) is 0. The van der Waals surface area contributed by atoms with E-state index in [2.05, 4.69) is 16.8 Å². The second-order valence-electron chi connectivity index (χ2n) is 7.69. The summed E-state index contributed by atoms with van der Waals surface area (Å²) in [5.41, 5.74) is 1.02. The normalized spacial score (nSPS) is 26.5. The first-order valence-electron chi connectivity index (χ1n) is 9.76. The van der Waals surface area contributed by atoms with Gasteiger partial charge in [0.15, 0.2) is 0 Å². The summed E-state index contributed by atoms with van der Waals surface area (Å²) in [6, 6.07) is 2.04. The van der Waals surface area contributed by atoms with Crippen LogP contribution in [0.25, 0.3) is 0 Å². The molecule has 0 spiro atoms. The van der Waals surface area contributed by atoms with Gasteiger partial charge in [0.25, 0.3) is 0 Å². The number of ether oxygens (including phenoxy) is 2. The van der Waals surface area contributed by atoms with E-state index in [9.17, 15) is 4.79 Å². The zero-order valence-corrected chi connectivity index (χ0v) is 15.6. The number of carboxylic acid groups (broad SMARTS) is 1. The number of carboxylic acids is 1. The van der Waals surface area contributed by atoms with Crippen molar-refractivity contribution in [1.29, 1.82) is 0 Å². The third-order valence-electron chi connectivity index (χ3n) is 5.50. The van der Waals surface area contributed by atoms with Gasteiger partial charge in [-0.05, 0) is 31.1 Å². The Balaban J connectivity index is 1.52. The minimum atomic E-state index is -0.778. The van der Waals surface area contributed by atoms with Gasteiger partial charge >= 0.3 is 5.97 Å². The molecule has 0 amide bonds. The van der Waals surface area contributed by atoms with Crippen LogP contribution in [0.3, 0.4) is 0 Å². The average molecular weight is 362 g/mol. The maximum atomic E-state index is 10.8. The molecule has 0 bridgehead atoms. The summed E-state index contributed by atoms with van der Waals surface area (Å²) in [6.45, 7) is 5.18. The van der Waals surface area contributed by atoms with Crippen molar-refractivity contribution in [3.05, 3.63) is 18.5 Å². The number of carbonyl (C=O) groups is 1. The second kappa shape index (κ2) is 9.21. The summed E-state index contributed by atoms with van der Waals surface area (Å²) < 4.78 is 11.7. The molecule has 1 aliphatic heterocycles. The number of nitrogens with zero attached hydrogens (tertiary/aromatic N) is 2. The van der Waals surface area contributed by atoms with Crippen molar-refractivity contribution >= 4 is 11.7 Å². The molecule has 2 aliphatic rings. The van der Waals surface area contributed by atoms with E-state index in [0.717, 1.165) is 30.5 Å². The number of hydrogen-bond acceptors (Lipinski definition) is 5. The number of morpholine rings is 1. The molecule has 1 aliphatic carbocycles. The van der Waals surface area contributed by atoms with E-state index in [-0.39, 0.29) is 12.5 Å². The minimum absolute atomic E-state index is 0.0475. The summed E-state index contributed by atoms with van der Waals surface area (Å²) >= 11 is 0. The summed E-state index contributed by atoms with van der Waals surface area (Å²) in [5, 5.41) is 8.85. The molecule has 6 heteroatoms. The fourth-order valence-electron chi connectivity index (χ4n) is 3.78. The van der Waals surface area contributed by atoms with Crippen molar-refractivity contribution in [3.63, 3.8) is 0 Å². The predicted octanol–water partition coefficient (Wildman–Crippen LogP) is 3.36. The molecular formula is C20H30N2O4. The van der Waals surface area contributed by atoms with Crippen LogP contribution in [0.1, 0.15) is 45.4 Å². The summed E-state index contributed by atoms with van der Waals surface area (Å²) in [5.74, 6) is 1.54. The van der Waals surface area contributed by atoms with Gasteiger partial charge in [-0.3, -0.25) is 9.78 Å². The molecule has 1 saturated carbocycles. The predicted molar refractivity (Wildman–Crippen MR) is 99.7 cm³/mol. The van der Waals surface area contributed by atoms with Crippen molar-refractivity contribution in [3.8, 4) is 5.75 Å². The smallest absolute Gasteiger partial charge is 0.303 e. The highest BCUT2D eigenvalue weighted by molar-refractivity contribution is 5.66. The molecule has 1 N–H and O–H groups in total. The number of pyridine rings is 1. The first-order valence-corrected chi connectivity index (χ1v) is 9.76. The number of aliphatic carboxylic acids is 1. The molecule has 144 valence electrons. The second-order valence-corrected chi connectivity index (χ2v) is 7.69. The first kappa shape index (κ1) is 19.0. The van der Waals surface area contributed by atoms with Gasteiger partial charge in [-0.1, -0.05) is 19.8 Å². The molecule has 6 nitrogen and oxygen atoms in total. The molecular weight excluding hydrogens is 332 g/mol. The fourth-order valence-corrected chi connectivity index (χ4v) is 3.78. The van der Waals surface area contributed by atoms with Crippen LogP contribution >= 0.6 is 0 Å². The van der Waals surface area contributed by atoms with E-state index >= 15 is 0 Å². The summed E-state index contributed by atoms with van der Waals surface area (Å²) in [6.07, 6.45) is 9.36. The van der Waals surface area contributed by atoms with Gasteiger partial charge < -0.3 is 19.5 Å². The van der Waals surface area contributed by atoms with Gasteiger partial charge in [0, 0.05) is 25.6 Å².